The largest absolute Gasteiger partial charge is 0.481 e. The molecule has 0 radical (unpaired) electrons. The van der Waals surface area contributed by atoms with Crippen LogP contribution in [-0.4, -0.2) is 29.7 Å². The first-order chi connectivity index (χ1) is 7.61. The van der Waals surface area contributed by atoms with Crippen molar-refractivity contribution in [2.75, 3.05) is 18.4 Å². The van der Waals surface area contributed by atoms with Crippen LogP contribution in [0.2, 0.25) is 0 Å². The number of rotatable bonds is 4. The summed E-state index contributed by atoms with van der Waals surface area (Å²) in [6.45, 7) is 1.40. The molecule has 0 unspecified atom stereocenters. The maximum atomic E-state index is 10.8. The predicted octanol–water partition coefficient (Wildman–Crippen LogP) is 1.52. The van der Waals surface area contributed by atoms with Gasteiger partial charge in [-0.2, -0.15) is 0 Å². The van der Waals surface area contributed by atoms with Crippen LogP contribution in [0.5, 0.6) is 0 Å². The van der Waals surface area contributed by atoms with Gasteiger partial charge in [-0.25, -0.2) is 0 Å². The monoisotopic (exact) mass is 332 g/mol. The van der Waals surface area contributed by atoms with Gasteiger partial charge in [-0.3, -0.25) is 4.79 Å². The van der Waals surface area contributed by atoms with Crippen LogP contribution in [0.4, 0.5) is 5.69 Å². The zero-order valence-electron chi connectivity index (χ0n) is 8.66. The van der Waals surface area contributed by atoms with Gasteiger partial charge in [-0.15, -0.1) is 0 Å². The van der Waals surface area contributed by atoms with Crippen LogP contribution in [0.25, 0.3) is 0 Å². The first-order valence-corrected chi connectivity index (χ1v) is 6.14. The molecule has 0 aromatic heterocycles. The number of benzene rings is 1. The number of hydrogen-bond acceptors (Lipinski definition) is 3. The van der Waals surface area contributed by atoms with E-state index in [1.165, 1.54) is 0 Å². The van der Waals surface area contributed by atoms with Gasteiger partial charge in [0, 0.05) is 22.3 Å². The van der Waals surface area contributed by atoms with Crippen molar-refractivity contribution >= 4 is 34.2 Å². The molecule has 1 fully saturated rings. The first kappa shape index (κ1) is 11.7. The van der Waals surface area contributed by atoms with E-state index in [0.29, 0.717) is 13.1 Å². The number of nitrogens with one attached hydrogen (secondary N) is 2. The number of carbonyl (C=O) groups is 1. The van der Waals surface area contributed by atoms with E-state index in [1.807, 2.05) is 24.3 Å². The average molecular weight is 332 g/mol. The lowest BCUT2D eigenvalue weighted by Gasteiger charge is -2.43. The SMILES string of the molecule is O=C(O)CC1(Nc2ccccc2I)CNC1. The molecule has 1 heterocycles. The van der Waals surface area contributed by atoms with Gasteiger partial charge in [0.1, 0.15) is 0 Å². The molecule has 1 aliphatic rings. The summed E-state index contributed by atoms with van der Waals surface area (Å²) in [5.41, 5.74) is 0.679. The number of hydrogen-bond donors (Lipinski definition) is 3. The molecule has 0 aliphatic carbocycles. The normalized spacial score (nSPS) is 17.6. The van der Waals surface area contributed by atoms with Gasteiger partial charge in [0.25, 0.3) is 0 Å². The molecule has 16 heavy (non-hydrogen) atoms. The van der Waals surface area contributed by atoms with E-state index in [2.05, 4.69) is 33.2 Å². The van der Waals surface area contributed by atoms with Crippen molar-refractivity contribution in [1.29, 1.82) is 0 Å². The van der Waals surface area contributed by atoms with Crippen LogP contribution in [0.1, 0.15) is 6.42 Å². The Bertz CT molecular complexity index is 405. The van der Waals surface area contributed by atoms with Crippen LogP contribution in [0, 0.1) is 3.57 Å². The van der Waals surface area contributed by atoms with Crippen LogP contribution < -0.4 is 10.6 Å². The second-order valence-corrected chi connectivity index (χ2v) is 5.22. The Balaban J connectivity index is 2.13. The number of para-hydroxylation sites is 1. The van der Waals surface area contributed by atoms with E-state index in [0.717, 1.165) is 9.26 Å². The van der Waals surface area contributed by atoms with Crippen molar-refractivity contribution in [3.05, 3.63) is 27.8 Å². The molecular formula is C11H13IN2O2. The minimum atomic E-state index is -0.764. The molecule has 0 amide bonds. The molecule has 0 spiro atoms. The third kappa shape index (κ3) is 2.46. The second-order valence-electron chi connectivity index (χ2n) is 4.06. The Morgan fingerprint density at radius 3 is 2.69 bits per heavy atom. The summed E-state index contributed by atoms with van der Waals surface area (Å²) in [6.07, 6.45) is 0.144. The topological polar surface area (TPSA) is 61.4 Å². The van der Waals surface area contributed by atoms with Gasteiger partial charge in [0.2, 0.25) is 0 Å². The molecule has 2 rings (SSSR count). The molecule has 1 aromatic rings. The molecule has 4 nitrogen and oxygen atoms in total. The molecule has 0 bridgehead atoms. The van der Waals surface area contributed by atoms with Gasteiger partial charge in [0.05, 0.1) is 12.0 Å². The second kappa shape index (κ2) is 4.58. The van der Waals surface area contributed by atoms with Gasteiger partial charge in [0.15, 0.2) is 0 Å². The maximum absolute atomic E-state index is 10.8. The third-order valence-electron chi connectivity index (χ3n) is 2.69. The highest BCUT2D eigenvalue weighted by molar-refractivity contribution is 14.1. The number of aliphatic carboxylic acids is 1. The zero-order chi connectivity index (χ0) is 11.6. The van der Waals surface area contributed by atoms with E-state index >= 15 is 0 Å². The van der Waals surface area contributed by atoms with Crippen molar-refractivity contribution in [1.82, 2.24) is 5.32 Å². The van der Waals surface area contributed by atoms with Crippen molar-refractivity contribution in [3.8, 4) is 0 Å². The van der Waals surface area contributed by atoms with Crippen molar-refractivity contribution in [3.63, 3.8) is 0 Å². The summed E-state index contributed by atoms with van der Waals surface area (Å²) in [7, 11) is 0. The minimum absolute atomic E-state index is 0.144. The van der Waals surface area contributed by atoms with Gasteiger partial charge in [-0.05, 0) is 34.7 Å². The summed E-state index contributed by atoms with van der Waals surface area (Å²) >= 11 is 2.24. The highest BCUT2D eigenvalue weighted by Gasteiger charge is 2.39. The Labute approximate surface area is 108 Å². The zero-order valence-corrected chi connectivity index (χ0v) is 10.8. The molecule has 3 N–H and O–H groups in total. The molecule has 0 atom stereocenters. The highest BCUT2D eigenvalue weighted by Crippen LogP contribution is 2.26. The molecular weight excluding hydrogens is 319 g/mol. The molecule has 0 saturated carbocycles. The Kier molecular flexibility index (Phi) is 3.34. The van der Waals surface area contributed by atoms with Crippen molar-refractivity contribution in [2.45, 2.75) is 12.0 Å². The molecule has 1 saturated heterocycles. The van der Waals surface area contributed by atoms with Crippen LogP contribution >= 0.6 is 22.6 Å². The van der Waals surface area contributed by atoms with Crippen molar-refractivity contribution < 1.29 is 9.90 Å². The first-order valence-electron chi connectivity index (χ1n) is 5.07. The predicted molar refractivity (Wildman–Crippen MR) is 70.6 cm³/mol. The van der Waals surface area contributed by atoms with Crippen LogP contribution in [-0.2, 0) is 4.79 Å². The Hall–Kier alpha value is -0.820. The maximum Gasteiger partial charge on any atom is 0.305 e. The van der Waals surface area contributed by atoms with Gasteiger partial charge in [-0.1, -0.05) is 12.1 Å². The quantitative estimate of drug-likeness (QED) is 0.732. The average Bonchev–Trinajstić information content (AvgIpc) is 2.17. The fraction of sp³-hybridized carbons (Fsp3) is 0.364. The molecule has 5 heteroatoms. The Morgan fingerprint density at radius 1 is 1.50 bits per heavy atom. The molecule has 86 valence electrons. The number of halogens is 1. The summed E-state index contributed by atoms with van der Waals surface area (Å²) in [5, 5.41) is 15.4. The highest BCUT2D eigenvalue weighted by atomic mass is 127. The van der Waals surface area contributed by atoms with E-state index in [9.17, 15) is 4.79 Å². The van der Waals surface area contributed by atoms with E-state index in [4.69, 9.17) is 5.11 Å². The number of carboxylic acid groups (broad SMARTS) is 1. The van der Waals surface area contributed by atoms with Crippen LogP contribution in [0.3, 0.4) is 0 Å². The summed E-state index contributed by atoms with van der Waals surface area (Å²) < 4.78 is 1.11. The standard InChI is InChI=1S/C11H13IN2O2/c12-8-3-1-2-4-9(8)14-11(5-10(15)16)6-13-7-11/h1-4,13-14H,5-7H2,(H,15,16). The number of anilines is 1. The molecule has 1 aromatic carbocycles. The van der Waals surface area contributed by atoms with Crippen molar-refractivity contribution in [2.24, 2.45) is 0 Å². The van der Waals surface area contributed by atoms with Gasteiger partial charge >= 0.3 is 5.97 Å². The van der Waals surface area contributed by atoms with E-state index < -0.39 is 5.97 Å². The lowest BCUT2D eigenvalue weighted by atomic mass is 9.88. The Morgan fingerprint density at radius 2 is 2.19 bits per heavy atom. The minimum Gasteiger partial charge on any atom is -0.481 e. The smallest absolute Gasteiger partial charge is 0.305 e. The number of carboxylic acids is 1. The lowest BCUT2D eigenvalue weighted by molar-refractivity contribution is -0.138. The fourth-order valence-electron chi connectivity index (χ4n) is 1.82. The van der Waals surface area contributed by atoms with Gasteiger partial charge < -0.3 is 15.7 Å². The third-order valence-corrected chi connectivity index (χ3v) is 3.63. The van der Waals surface area contributed by atoms with Crippen LogP contribution in [0.15, 0.2) is 24.3 Å². The lowest BCUT2D eigenvalue weighted by Crippen LogP contribution is -2.65. The van der Waals surface area contributed by atoms with E-state index in [1.54, 1.807) is 0 Å². The summed E-state index contributed by atoms with van der Waals surface area (Å²) in [6, 6.07) is 7.90. The van der Waals surface area contributed by atoms with E-state index in [-0.39, 0.29) is 12.0 Å². The fourth-order valence-corrected chi connectivity index (χ4v) is 2.34. The molecule has 1 aliphatic heterocycles. The summed E-state index contributed by atoms with van der Waals surface area (Å²) in [4.78, 5) is 10.8. The summed E-state index contributed by atoms with van der Waals surface area (Å²) in [5.74, 6) is -0.764.